The molecule has 21 heavy (non-hydrogen) atoms. The Balaban J connectivity index is 2.68. The SMILES string of the molecule is CSCC[C@H](N)C(=O)N(CCN(C)C)Cc1cccnc1. The van der Waals surface area contributed by atoms with Crippen molar-refractivity contribution >= 4 is 17.7 Å². The Bertz CT molecular complexity index is 413. The topological polar surface area (TPSA) is 62.5 Å². The van der Waals surface area contributed by atoms with E-state index in [1.807, 2.05) is 37.4 Å². The number of aromatic nitrogens is 1. The molecule has 118 valence electrons. The number of thioether (sulfide) groups is 1. The van der Waals surface area contributed by atoms with Crippen LogP contribution in [0.1, 0.15) is 12.0 Å². The van der Waals surface area contributed by atoms with Crippen LogP contribution in [-0.2, 0) is 11.3 Å². The maximum Gasteiger partial charge on any atom is 0.239 e. The van der Waals surface area contributed by atoms with Crippen LogP contribution in [-0.4, -0.2) is 65.9 Å². The van der Waals surface area contributed by atoms with E-state index in [2.05, 4.69) is 9.88 Å². The van der Waals surface area contributed by atoms with Gasteiger partial charge in [-0.2, -0.15) is 11.8 Å². The predicted molar refractivity (Wildman–Crippen MR) is 89.2 cm³/mol. The molecule has 0 aliphatic rings. The van der Waals surface area contributed by atoms with Gasteiger partial charge in [0.15, 0.2) is 0 Å². The van der Waals surface area contributed by atoms with Gasteiger partial charge in [0, 0.05) is 32.0 Å². The maximum atomic E-state index is 12.5. The summed E-state index contributed by atoms with van der Waals surface area (Å²) in [6, 6.07) is 3.45. The molecule has 6 heteroatoms. The smallest absolute Gasteiger partial charge is 0.239 e. The summed E-state index contributed by atoms with van der Waals surface area (Å²) in [4.78, 5) is 20.5. The summed E-state index contributed by atoms with van der Waals surface area (Å²) in [6.45, 7) is 2.06. The van der Waals surface area contributed by atoms with Gasteiger partial charge in [0.05, 0.1) is 6.04 Å². The molecule has 0 aliphatic heterocycles. The van der Waals surface area contributed by atoms with Gasteiger partial charge >= 0.3 is 0 Å². The van der Waals surface area contributed by atoms with Crippen molar-refractivity contribution in [3.8, 4) is 0 Å². The lowest BCUT2D eigenvalue weighted by molar-refractivity contribution is -0.133. The van der Waals surface area contributed by atoms with E-state index in [4.69, 9.17) is 5.73 Å². The summed E-state index contributed by atoms with van der Waals surface area (Å²) in [7, 11) is 4.00. The highest BCUT2D eigenvalue weighted by atomic mass is 32.2. The summed E-state index contributed by atoms with van der Waals surface area (Å²) in [5, 5.41) is 0. The maximum absolute atomic E-state index is 12.5. The first-order valence-electron chi connectivity index (χ1n) is 7.11. The zero-order valence-corrected chi connectivity index (χ0v) is 14.0. The van der Waals surface area contributed by atoms with E-state index in [0.29, 0.717) is 19.5 Å². The average Bonchev–Trinajstić information content (AvgIpc) is 2.49. The summed E-state index contributed by atoms with van der Waals surface area (Å²) in [5.74, 6) is 0.927. The van der Waals surface area contributed by atoms with Gasteiger partial charge in [0.25, 0.3) is 0 Å². The van der Waals surface area contributed by atoms with Crippen molar-refractivity contribution < 1.29 is 4.79 Å². The fourth-order valence-corrected chi connectivity index (χ4v) is 2.39. The number of nitrogens with two attached hydrogens (primary N) is 1. The van der Waals surface area contributed by atoms with Gasteiger partial charge in [-0.15, -0.1) is 0 Å². The van der Waals surface area contributed by atoms with Gasteiger partial charge in [0.1, 0.15) is 0 Å². The van der Waals surface area contributed by atoms with E-state index < -0.39 is 6.04 Å². The number of hydrogen-bond acceptors (Lipinski definition) is 5. The molecule has 1 aromatic heterocycles. The standard InChI is InChI=1S/C15H26N4OS/c1-18(2)8-9-19(12-13-5-4-7-17-11-13)15(20)14(16)6-10-21-3/h4-5,7,11,14H,6,8-10,12,16H2,1-3H3/t14-/m0/s1. The Morgan fingerprint density at radius 2 is 2.19 bits per heavy atom. The van der Waals surface area contributed by atoms with Gasteiger partial charge in [0.2, 0.25) is 5.91 Å². The fourth-order valence-electron chi connectivity index (χ4n) is 1.90. The third-order valence-corrected chi connectivity index (χ3v) is 3.82. The van der Waals surface area contributed by atoms with E-state index in [1.54, 1.807) is 24.2 Å². The predicted octanol–water partition coefficient (Wildman–Crippen LogP) is 1.05. The van der Waals surface area contributed by atoms with Crippen molar-refractivity contribution in [3.05, 3.63) is 30.1 Å². The number of nitrogens with zero attached hydrogens (tertiary/aromatic N) is 3. The molecule has 5 nitrogen and oxygen atoms in total. The average molecular weight is 310 g/mol. The van der Waals surface area contributed by atoms with Crippen molar-refractivity contribution in [1.82, 2.24) is 14.8 Å². The summed E-state index contributed by atoms with van der Waals surface area (Å²) < 4.78 is 0. The first kappa shape index (κ1) is 17.9. The van der Waals surface area contributed by atoms with Crippen LogP contribution in [0.5, 0.6) is 0 Å². The minimum atomic E-state index is -0.420. The number of pyridine rings is 1. The third-order valence-electron chi connectivity index (χ3n) is 3.18. The second kappa shape index (κ2) is 9.76. The molecule has 2 N–H and O–H groups in total. The van der Waals surface area contributed by atoms with Crippen LogP contribution in [0.4, 0.5) is 0 Å². The third kappa shape index (κ3) is 6.93. The number of carbonyl (C=O) groups is 1. The van der Waals surface area contributed by atoms with Crippen molar-refractivity contribution in [3.63, 3.8) is 0 Å². The van der Waals surface area contributed by atoms with Crippen LogP contribution in [0.3, 0.4) is 0 Å². The van der Waals surface area contributed by atoms with Crippen LogP contribution >= 0.6 is 11.8 Å². The van der Waals surface area contributed by atoms with Crippen LogP contribution in [0.25, 0.3) is 0 Å². The molecule has 1 aromatic rings. The Morgan fingerprint density at radius 1 is 1.43 bits per heavy atom. The van der Waals surface area contributed by atoms with E-state index in [-0.39, 0.29) is 5.91 Å². The Kier molecular flexibility index (Phi) is 8.34. The number of amides is 1. The van der Waals surface area contributed by atoms with Crippen LogP contribution < -0.4 is 5.73 Å². The highest BCUT2D eigenvalue weighted by molar-refractivity contribution is 7.98. The monoisotopic (exact) mass is 310 g/mol. The van der Waals surface area contributed by atoms with Crippen molar-refractivity contribution in [2.24, 2.45) is 5.73 Å². The summed E-state index contributed by atoms with van der Waals surface area (Å²) in [5.41, 5.74) is 7.06. The van der Waals surface area contributed by atoms with Gasteiger partial charge < -0.3 is 15.5 Å². The molecular weight excluding hydrogens is 284 g/mol. The molecule has 0 saturated heterocycles. The molecule has 0 radical (unpaired) electrons. The van der Waals surface area contributed by atoms with Crippen LogP contribution in [0, 0.1) is 0 Å². The first-order valence-corrected chi connectivity index (χ1v) is 8.51. The molecule has 0 unspecified atom stereocenters. The minimum Gasteiger partial charge on any atom is -0.336 e. The Hall–Kier alpha value is -1.11. The molecule has 1 amide bonds. The van der Waals surface area contributed by atoms with E-state index in [9.17, 15) is 4.79 Å². The highest BCUT2D eigenvalue weighted by Gasteiger charge is 2.20. The second-order valence-corrected chi connectivity index (χ2v) is 6.30. The summed E-state index contributed by atoms with van der Waals surface area (Å²) in [6.07, 6.45) is 6.27. The Labute approximate surface area is 131 Å². The zero-order chi connectivity index (χ0) is 15.7. The van der Waals surface area contributed by atoms with Gasteiger partial charge in [-0.25, -0.2) is 0 Å². The second-order valence-electron chi connectivity index (χ2n) is 5.31. The molecule has 0 fully saturated rings. The largest absolute Gasteiger partial charge is 0.336 e. The number of likely N-dealkylation sites (N-methyl/N-ethyl adjacent to an activating group) is 1. The van der Waals surface area contributed by atoms with Gasteiger partial charge in [-0.3, -0.25) is 9.78 Å². The van der Waals surface area contributed by atoms with Gasteiger partial charge in [-0.1, -0.05) is 6.07 Å². The molecule has 1 rings (SSSR count). The molecule has 1 atom stereocenters. The number of rotatable bonds is 9. The number of hydrogen-bond donors (Lipinski definition) is 1. The van der Waals surface area contributed by atoms with Crippen LogP contribution in [0.2, 0.25) is 0 Å². The number of carbonyl (C=O) groups excluding carboxylic acids is 1. The first-order chi connectivity index (χ1) is 10.0. The lowest BCUT2D eigenvalue weighted by Gasteiger charge is -2.27. The normalized spacial score (nSPS) is 12.4. The van der Waals surface area contributed by atoms with E-state index in [0.717, 1.165) is 17.9 Å². The Morgan fingerprint density at radius 3 is 2.76 bits per heavy atom. The van der Waals surface area contributed by atoms with Crippen LogP contribution in [0.15, 0.2) is 24.5 Å². The molecule has 0 aliphatic carbocycles. The highest BCUT2D eigenvalue weighted by Crippen LogP contribution is 2.07. The molecule has 0 spiro atoms. The van der Waals surface area contributed by atoms with Crippen molar-refractivity contribution in [2.75, 3.05) is 39.2 Å². The van der Waals surface area contributed by atoms with E-state index >= 15 is 0 Å². The van der Waals surface area contributed by atoms with Crippen molar-refractivity contribution in [2.45, 2.75) is 19.0 Å². The molecule has 0 aromatic carbocycles. The zero-order valence-electron chi connectivity index (χ0n) is 13.2. The quantitative estimate of drug-likeness (QED) is 0.739. The minimum absolute atomic E-state index is 0.0229. The summed E-state index contributed by atoms with van der Waals surface area (Å²) >= 11 is 1.71. The van der Waals surface area contributed by atoms with Gasteiger partial charge in [-0.05, 0) is 44.2 Å². The molecule has 0 saturated carbocycles. The molecular formula is C15H26N4OS. The lowest BCUT2D eigenvalue weighted by Crippen LogP contribution is -2.45. The molecule has 1 heterocycles. The fraction of sp³-hybridized carbons (Fsp3) is 0.600. The lowest BCUT2D eigenvalue weighted by atomic mass is 10.2. The van der Waals surface area contributed by atoms with E-state index in [1.165, 1.54) is 0 Å². The van der Waals surface area contributed by atoms with Crippen molar-refractivity contribution in [1.29, 1.82) is 0 Å². The molecule has 0 bridgehead atoms.